The summed E-state index contributed by atoms with van der Waals surface area (Å²) in [5.41, 5.74) is 9.06. The molecule has 0 fully saturated rings. The summed E-state index contributed by atoms with van der Waals surface area (Å²) >= 11 is 0. The van der Waals surface area contributed by atoms with E-state index >= 15 is 0 Å². The Morgan fingerprint density at radius 3 is 3.00 bits per heavy atom. The van der Waals surface area contributed by atoms with Crippen molar-refractivity contribution in [3.8, 4) is 0 Å². The Morgan fingerprint density at radius 1 is 1.47 bits per heavy atom. The summed E-state index contributed by atoms with van der Waals surface area (Å²) in [6.45, 7) is 3.42. The van der Waals surface area contributed by atoms with E-state index in [2.05, 4.69) is 4.98 Å². The van der Waals surface area contributed by atoms with Crippen LogP contribution in [-0.4, -0.2) is 23.3 Å². The van der Waals surface area contributed by atoms with Crippen LogP contribution in [0.15, 0.2) is 18.2 Å². The second kappa shape index (κ2) is 3.90. The number of aryl methyl sites for hydroxylation is 1. The maximum Gasteiger partial charge on any atom is 0.201 e. The molecule has 2 rings (SSSR count). The molecule has 0 saturated carbocycles. The maximum absolute atomic E-state index is 5.86. The van der Waals surface area contributed by atoms with Crippen LogP contribution in [0.4, 0.5) is 5.95 Å². The largest absolute Gasteiger partial charge is 0.383 e. The molecule has 0 aliphatic rings. The van der Waals surface area contributed by atoms with Crippen LogP contribution in [0.5, 0.6) is 0 Å². The molecule has 1 aromatic carbocycles. The van der Waals surface area contributed by atoms with Gasteiger partial charge in [-0.05, 0) is 18.6 Å². The topological polar surface area (TPSA) is 53.1 Å². The maximum atomic E-state index is 5.86. The molecule has 0 aliphatic heterocycles. The molecule has 1 aromatic heterocycles. The highest BCUT2D eigenvalue weighted by Crippen LogP contribution is 2.20. The molecular formula is C11H15N3O. The fourth-order valence-corrected chi connectivity index (χ4v) is 1.72. The van der Waals surface area contributed by atoms with Crippen molar-refractivity contribution in [3.05, 3.63) is 23.8 Å². The number of para-hydroxylation sites is 1. The van der Waals surface area contributed by atoms with Gasteiger partial charge in [0, 0.05) is 13.7 Å². The van der Waals surface area contributed by atoms with Crippen molar-refractivity contribution in [2.24, 2.45) is 0 Å². The van der Waals surface area contributed by atoms with Crippen molar-refractivity contribution in [3.63, 3.8) is 0 Å². The number of hydrogen-bond acceptors (Lipinski definition) is 3. The lowest BCUT2D eigenvalue weighted by atomic mass is 10.2. The zero-order valence-electron chi connectivity index (χ0n) is 9.03. The minimum atomic E-state index is 0.552. The number of benzene rings is 1. The lowest BCUT2D eigenvalue weighted by molar-refractivity contribution is 0.189. The zero-order valence-corrected chi connectivity index (χ0v) is 9.03. The van der Waals surface area contributed by atoms with E-state index < -0.39 is 0 Å². The molecule has 0 radical (unpaired) electrons. The minimum absolute atomic E-state index is 0.552. The Balaban J connectivity index is 2.53. The van der Waals surface area contributed by atoms with Gasteiger partial charge in [-0.25, -0.2) is 4.98 Å². The third-order valence-electron chi connectivity index (χ3n) is 2.53. The molecule has 0 bridgehead atoms. The number of fused-ring (bicyclic) bond motifs is 1. The van der Waals surface area contributed by atoms with Crippen molar-refractivity contribution in [1.29, 1.82) is 0 Å². The summed E-state index contributed by atoms with van der Waals surface area (Å²) in [6.07, 6.45) is 0. The fourth-order valence-electron chi connectivity index (χ4n) is 1.72. The van der Waals surface area contributed by atoms with Gasteiger partial charge in [0.05, 0.1) is 17.6 Å². The Bertz CT molecular complexity index is 476. The lowest BCUT2D eigenvalue weighted by Crippen LogP contribution is -2.07. The van der Waals surface area contributed by atoms with Crippen LogP contribution in [0.1, 0.15) is 5.56 Å². The summed E-state index contributed by atoms with van der Waals surface area (Å²) in [5, 5.41) is 0. The Hall–Kier alpha value is -1.55. The lowest BCUT2D eigenvalue weighted by Gasteiger charge is -2.04. The van der Waals surface area contributed by atoms with Crippen molar-refractivity contribution < 1.29 is 4.74 Å². The van der Waals surface area contributed by atoms with Gasteiger partial charge in [0.25, 0.3) is 0 Å². The Labute approximate surface area is 88.7 Å². The summed E-state index contributed by atoms with van der Waals surface area (Å²) in [5.74, 6) is 0.552. The Morgan fingerprint density at radius 2 is 2.27 bits per heavy atom. The first-order valence-corrected chi connectivity index (χ1v) is 4.94. The number of imidazole rings is 1. The molecule has 4 nitrogen and oxygen atoms in total. The van der Waals surface area contributed by atoms with E-state index in [9.17, 15) is 0 Å². The third kappa shape index (κ3) is 1.68. The molecule has 0 aliphatic carbocycles. The average molecular weight is 205 g/mol. The number of aromatic nitrogens is 2. The Kier molecular flexibility index (Phi) is 2.60. The molecule has 0 amide bonds. The van der Waals surface area contributed by atoms with Crippen LogP contribution in [0.2, 0.25) is 0 Å². The monoisotopic (exact) mass is 205 g/mol. The SMILES string of the molecule is COCCn1c(N)nc2c(C)cccc21. The molecule has 0 spiro atoms. The van der Waals surface area contributed by atoms with E-state index in [1.54, 1.807) is 7.11 Å². The number of nitrogen functional groups attached to an aromatic ring is 1. The van der Waals surface area contributed by atoms with E-state index in [1.165, 1.54) is 0 Å². The summed E-state index contributed by atoms with van der Waals surface area (Å²) in [4.78, 5) is 4.35. The number of ether oxygens (including phenoxy) is 1. The van der Waals surface area contributed by atoms with Crippen molar-refractivity contribution >= 4 is 17.0 Å². The highest BCUT2D eigenvalue weighted by atomic mass is 16.5. The number of rotatable bonds is 3. The van der Waals surface area contributed by atoms with E-state index in [4.69, 9.17) is 10.5 Å². The minimum Gasteiger partial charge on any atom is -0.383 e. The molecule has 0 saturated heterocycles. The first-order chi connectivity index (χ1) is 7.24. The normalized spacial score (nSPS) is 11.1. The molecule has 1 heterocycles. The van der Waals surface area contributed by atoms with Gasteiger partial charge in [0.15, 0.2) is 0 Å². The van der Waals surface area contributed by atoms with Gasteiger partial charge >= 0.3 is 0 Å². The number of hydrogen-bond donors (Lipinski definition) is 1. The quantitative estimate of drug-likeness (QED) is 0.827. The van der Waals surface area contributed by atoms with Crippen LogP contribution < -0.4 is 5.73 Å². The molecule has 80 valence electrons. The van der Waals surface area contributed by atoms with Gasteiger partial charge in [0.1, 0.15) is 0 Å². The first kappa shape index (κ1) is 9.98. The fraction of sp³-hybridized carbons (Fsp3) is 0.364. The smallest absolute Gasteiger partial charge is 0.201 e. The predicted octanol–water partition coefficient (Wildman–Crippen LogP) is 1.57. The first-order valence-electron chi connectivity index (χ1n) is 4.94. The molecule has 0 unspecified atom stereocenters. The van der Waals surface area contributed by atoms with Crippen LogP contribution in [0.25, 0.3) is 11.0 Å². The number of methoxy groups -OCH3 is 1. The van der Waals surface area contributed by atoms with Crippen LogP contribution in [-0.2, 0) is 11.3 Å². The van der Waals surface area contributed by atoms with E-state index in [-0.39, 0.29) is 0 Å². The highest BCUT2D eigenvalue weighted by Gasteiger charge is 2.08. The molecule has 15 heavy (non-hydrogen) atoms. The second-order valence-electron chi connectivity index (χ2n) is 3.56. The molecule has 2 N–H and O–H groups in total. The summed E-state index contributed by atoms with van der Waals surface area (Å²) in [7, 11) is 1.68. The predicted molar refractivity (Wildman–Crippen MR) is 60.8 cm³/mol. The third-order valence-corrected chi connectivity index (χ3v) is 2.53. The van der Waals surface area contributed by atoms with Crippen molar-refractivity contribution in [2.45, 2.75) is 13.5 Å². The van der Waals surface area contributed by atoms with Gasteiger partial charge in [0.2, 0.25) is 5.95 Å². The number of anilines is 1. The highest BCUT2D eigenvalue weighted by molar-refractivity contribution is 5.81. The number of nitrogens with two attached hydrogens (primary N) is 1. The molecular weight excluding hydrogens is 190 g/mol. The van der Waals surface area contributed by atoms with Crippen LogP contribution >= 0.6 is 0 Å². The van der Waals surface area contributed by atoms with E-state index in [0.717, 1.165) is 23.1 Å². The van der Waals surface area contributed by atoms with Crippen molar-refractivity contribution in [1.82, 2.24) is 9.55 Å². The van der Waals surface area contributed by atoms with Crippen molar-refractivity contribution in [2.75, 3.05) is 19.5 Å². The standard InChI is InChI=1S/C11H15N3O/c1-8-4-3-5-9-10(8)13-11(12)14(9)6-7-15-2/h3-5H,6-7H2,1-2H3,(H2,12,13). The van der Waals surface area contributed by atoms with E-state index in [0.29, 0.717) is 12.6 Å². The van der Waals surface area contributed by atoms with Gasteiger partial charge in [-0.15, -0.1) is 0 Å². The van der Waals surface area contributed by atoms with Gasteiger partial charge < -0.3 is 15.0 Å². The van der Waals surface area contributed by atoms with Crippen LogP contribution in [0.3, 0.4) is 0 Å². The summed E-state index contributed by atoms with van der Waals surface area (Å²) in [6, 6.07) is 6.08. The molecule has 0 atom stereocenters. The van der Waals surface area contributed by atoms with Gasteiger partial charge in [-0.3, -0.25) is 0 Å². The second-order valence-corrected chi connectivity index (χ2v) is 3.56. The molecule has 4 heteroatoms. The van der Waals surface area contributed by atoms with Gasteiger partial charge in [-0.1, -0.05) is 12.1 Å². The van der Waals surface area contributed by atoms with Gasteiger partial charge in [-0.2, -0.15) is 0 Å². The zero-order chi connectivity index (χ0) is 10.8. The summed E-state index contributed by atoms with van der Waals surface area (Å²) < 4.78 is 7.02. The number of nitrogens with zero attached hydrogens (tertiary/aromatic N) is 2. The van der Waals surface area contributed by atoms with E-state index in [1.807, 2.05) is 29.7 Å². The molecule has 2 aromatic rings. The average Bonchev–Trinajstić information content (AvgIpc) is 2.54. The van der Waals surface area contributed by atoms with Crippen LogP contribution in [0, 0.1) is 6.92 Å².